The Hall–Kier alpha value is -2.73. The minimum atomic E-state index is -0.458. The number of nitrogens with zero attached hydrogens (tertiary/aromatic N) is 3. The maximum Gasteiger partial charge on any atom is 0.421 e. The van der Waals surface area contributed by atoms with Gasteiger partial charge in [0.1, 0.15) is 5.84 Å². The fourth-order valence-corrected chi connectivity index (χ4v) is 4.15. The molecule has 0 saturated carbocycles. The number of benzene rings is 2. The molecule has 1 aliphatic rings. The van der Waals surface area contributed by atoms with E-state index in [0.29, 0.717) is 23.9 Å². The van der Waals surface area contributed by atoms with Gasteiger partial charge in [-0.25, -0.2) is 9.69 Å². The molecule has 5 nitrogen and oxygen atoms in total. The number of amides is 1. The lowest BCUT2D eigenvalue weighted by molar-refractivity contribution is 0.140. The lowest BCUT2D eigenvalue weighted by Gasteiger charge is -2.32. The maximum atomic E-state index is 13.1. The first-order valence-corrected chi connectivity index (χ1v) is 11.9. The molecule has 0 aliphatic carbocycles. The van der Waals surface area contributed by atoms with Crippen LogP contribution in [0, 0.1) is 6.92 Å². The van der Waals surface area contributed by atoms with Gasteiger partial charge in [0.2, 0.25) is 0 Å². The molecule has 1 saturated heterocycles. The topological polar surface area (TPSA) is 45.1 Å². The molecule has 32 heavy (non-hydrogen) atoms. The minimum absolute atomic E-state index is 0.286. The Balaban J connectivity index is 1.99. The normalized spacial score (nSPS) is 17.2. The highest BCUT2D eigenvalue weighted by atomic mass is 32.1. The van der Waals surface area contributed by atoms with Crippen molar-refractivity contribution in [3.05, 3.63) is 65.7 Å². The molecule has 1 heterocycles. The van der Waals surface area contributed by atoms with Crippen molar-refractivity contribution in [1.29, 1.82) is 0 Å². The zero-order valence-corrected chi connectivity index (χ0v) is 19.9. The number of carbonyl (C=O) groups is 1. The van der Waals surface area contributed by atoms with Gasteiger partial charge < -0.3 is 9.64 Å². The standard InChI is InChI=1S/C26H33N3O2S/c1-3-31-26(30)29-24(27-20-22-12-8-7-9-13-22)14-10-5-4-6-11-19-28(25(29)32)23-17-15-21(2)16-18-23/h7-9,12-13,15-18H,3-6,10-11,14,19-20H2,1-2H3. The minimum Gasteiger partial charge on any atom is -0.449 e. The van der Waals surface area contributed by atoms with Crippen LogP contribution in [-0.2, 0) is 11.3 Å². The first-order chi connectivity index (χ1) is 15.6. The summed E-state index contributed by atoms with van der Waals surface area (Å²) in [5.41, 5.74) is 3.26. The third kappa shape index (κ3) is 6.63. The second-order valence-corrected chi connectivity index (χ2v) is 8.41. The number of anilines is 1. The van der Waals surface area contributed by atoms with Gasteiger partial charge in [-0.15, -0.1) is 0 Å². The van der Waals surface area contributed by atoms with Crippen molar-refractivity contribution in [3.8, 4) is 0 Å². The fourth-order valence-electron chi connectivity index (χ4n) is 3.77. The molecule has 170 valence electrons. The van der Waals surface area contributed by atoms with E-state index < -0.39 is 6.09 Å². The van der Waals surface area contributed by atoms with Crippen LogP contribution < -0.4 is 4.90 Å². The Kier molecular flexibility index (Phi) is 9.23. The van der Waals surface area contributed by atoms with Crippen molar-refractivity contribution in [2.24, 2.45) is 4.99 Å². The predicted molar refractivity (Wildman–Crippen MR) is 135 cm³/mol. The predicted octanol–water partition coefficient (Wildman–Crippen LogP) is 6.50. The van der Waals surface area contributed by atoms with E-state index in [0.717, 1.165) is 43.5 Å². The van der Waals surface area contributed by atoms with Crippen molar-refractivity contribution in [2.45, 2.75) is 58.9 Å². The Morgan fingerprint density at radius 2 is 1.69 bits per heavy atom. The third-order valence-corrected chi connectivity index (χ3v) is 5.95. The number of carbonyl (C=O) groups excluding carboxylic acids is 1. The largest absolute Gasteiger partial charge is 0.449 e. The number of aryl methyl sites for hydroxylation is 1. The molecule has 3 rings (SSSR count). The first kappa shape index (κ1) is 23.9. The van der Waals surface area contributed by atoms with E-state index in [1.807, 2.05) is 37.3 Å². The van der Waals surface area contributed by atoms with Crippen LogP contribution in [0.1, 0.15) is 56.6 Å². The van der Waals surface area contributed by atoms with Crippen LogP contribution in [0.15, 0.2) is 59.6 Å². The molecule has 2 aromatic rings. The second kappa shape index (κ2) is 12.3. The van der Waals surface area contributed by atoms with Crippen LogP contribution in [-0.4, -0.2) is 35.1 Å². The molecule has 0 N–H and O–H groups in total. The van der Waals surface area contributed by atoms with Crippen LogP contribution in [0.2, 0.25) is 0 Å². The molecule has 0 spiro atoms. The molecule has 2 aromatic carbocycles. The molecule has 1 amide bonds. The van der Waals surface area contributed by atoms with E-state index in [1.165, 1.54) is 16.9 Å². The van der Waals surface area contributed by atoms with E-state index in [-0.39, 0.29) is 6.61 Å². The summed E-state index contributed by atoms with van der Waals surface area (Å²) < 4.78 is 5.43. The fraction of sp³-hybridized carbons (Fsp3) is 0.423. The van der Waals surface area contributed by atoms with Crippen LogP contribution >= 0.6 is 12.2 Å². The van der Waals surface area contributed by atoms with Crippen molar-refractivity contribution in [1.82, 2.24) is 4.90 Å². The molecule has 1 fully saturated rings. The van der Waals surface area contributed by atoms with Crippen LogP contribution in [0.4, 0.5) is 10.5 Å². The number of ether oxygens (including phenoxy) is 1. The van der Waals surface area contributed by atoms with Crippen LogP contribution in [0.5, 0.6) is 0 Å². The lowest BCUT2D eigenvalue weighted by Crippen LogP contribution is -2.50. The van der Waals surface area contributed by atoms with Gasteiger partial charge in [0.25, 0.3) is 0 Å². The monoisotopic (exact) mass is 451 g/mol. The van der Waals surface area contributed by atoms with Crippen molar-refractivity contribution >= 4 is 34.9 Å². The second-order valence-electron chi connectivity index (χ2n) is 8.04. The van der Waals surface area contributed by atoms with Gasteiger partial charge in [-0.2, -0.15) is 0 Å². The van der Waals surface area contributed by atoms with E-state index in [9.17, 15) is 4.79 Å². The molecular formula is C26H33N3O2S. The number of rotatable bonds is 4. The van der Waals surface area contributed by atoms with Gasteiger partial charge in [-0.3, -0.25) is 4.99 Å². The summed E-state index contributed by atoms with van der Waals surface area (Å²) in [6.07, 6.45) is 5.63. The summed E-state index contributed by atoms with van der Waals surface area (Å²) in [6.45, 7) is 5.41. The van der Waals surface area contributed by atoms with Crippen LogP contribution in [0.3, 0.4) is 0 Å². The average Bonchev–Trinajstić information content (AvgIpc) is 2.83. The van der Waals surface area contributed by atoms with Gasteiger partial charge in [-0.1, -0.05) is 67.3 Å². The summed E-state index contributed by atoms with van der Waals surface area (Å²) in [5.74, 6) is 0.677. The molecule has 0 unspecified atom stereocenters. The van der Waals surface area contributed by atoms with Crippen molar-refractivity contribution in [2.75, 3.05) is 18.1 Å². The van der Waals surface area contributed by atoms with Crippen molar-refractivity contribution < 1.29 is 9.53 Å². The van der Waals surface area contributed by atoms with E-state index >= 15 is 0 Å². The highest BCUT2D eigenvalue weighted by Gasteiger charge is 2.29. The van der Waals surface area contributed by atoms with Gasteiger partial charge in [0.05, 0.1) is 13.2 Å². The van der Waals surface area contributed by atoms with E-state index in [4.69, 9.17) is 21.9 Å². The molecule has 0 aromatic heterocycles. The molecule has 0 bridgehead atoms. The Morgan fingerprint density at radius 3 is 2.41 bits per heavy atom. The number of hydrogen-bond donors (Lipinski definition) is 0. The summed E-state index contributed by atoms with van der Waals surface area (Å²) in [7, 11) is 0. The molecule has 0 radical (unpaired) electrons. The third-order valence-electron chi connectivity index (χ3n) is 5.55. The summed E-state index contributed by atoms with van der Waals surface area (Å²) >= 11 is 5.93. The first-order valence-electron chi connectivity index (χ1n) is 11.5. The quantitative estimate of drug-likeness (QED) is 0.498. The smallest absolute Gasteiger partial charge is 0.421 e. The summed E-state index contributed by atoms with van der Waals surface area (Å²) in [4.78, 5) is 21.6. The number of aliphatic imine (C=N–C) groups is 1. The number of hydrogen-bond acceptors (Lipinski definition) is 4. The number of thiocarbonyl (C=S) groups is 1. The van der Waals surface area contributed by atoms with Crippen molar-refractivity contribution in [3.63, 3.8) is 0 Å². The highest BCUT2D eigenvalue weighted by molar-refractivity contribution is 7.80. The zero-order valence-electron chi connectivity index (χ0n) is 19.1. The highest BCUT2D eigenvalue weighted by Crippen LogP contribution is 2.22. The van der Waals surface area contributed by atoms with Gasteiger partial charge >= 0.3 is 6.09 Å². The summed E-state index contributed by atoms with van der Waals surface area (Å²) in [5, 5.41) is 0.431. The van der Waals surface area contributed by atoms with E-state index in [1.54, 1.807) is 0 Å². The molecule has 1 aliphatic heterocycles. The maximum absolute atomic E-state index is 13.1. The Bertz CT molecular complexity index is 912. The van der Waals surface area contributed by atoms with Gasteiger partial charge in [0.15, 0.2) is 5.11 Å². The average molecular weight is 452 g/mol. The summed E-state index contributed by atoms with van der Waals surface area (Å²) in [6, 6.07) is 18.3. The van der Waals surface area contributed by atoms with Gasteiger partial charge in [-0.05, 0) is 56.6 Å². The van der Waals surface area contributed by atoms with Gasteiger partial charge in [0, 0.05) is 18.7 Å². The Labute approximate surface area is 197 Å². The SMILES string of the molecule is CCOC(=O)N1C(=S)N(c2ccc(C)cc2)CCCCCCCC1=NCc1ccccc1. The molecule has 0 atom stereocenters. The lowest BCUT2D eigenvalue weighted by atomic mass is 10.1. The van der Waals surface area contributed by atoms with Crippen LogP contribution in [0.25, 0.3) is 0 Å². The molecular weight excluding hydrogens is 418 g/mol. The Morgan fingerprint density at radius 1 is 1.00 bits per heavy atom. The number of amidine groups is 1. The molecule has 6 heteroatoms. The van der Waals surface area contributed by atoms with E-state index in [2.05, 4.69) is 36.1 Å². The zero-order chi connectivity index (χ0) is 22.8.